The van der Waals surface area contributed by atoms with Crippen molar-refractivity contribution in [2.24, 2.45) is 0 Å². The molecule has 0 aromatic carbocycles. The van der Waals surface area contributed by atoms with Gasteiger partial charge in [-0.15, -0.1) is 0 Å². The summed E-state index contributed by atoms with van der Waals surface area (Å²) in [6.07, 6.45) is 1.78. The van der Waals surface area contributed by atoms with E-state index in [4.69, 9.17) is 21.1 Å². The highest BCUT2D eigenvalue weighted by Gasteiger charge is 2.59. The van der Waals surface area contributed by atoms with Gasteiger partial charge in [-0.1, -0.05) is 17.7 Å². The molecule has 1 aromatic heterocycles. The normalized spacial score (nSPS) is 26.2. The van der Waals surface area contributed by atoms with Crippen LogP contribution in [0.2, 0.25) is 5.15 Å². The van der Waals surface area contributed by atoms with Crippen molar-refractivity contribution in [2.45, 2.75) is 31.7 Å². The molecule has 0 spiro atoms. The molecule has 1 aromatic rings. The van der Waals surface area contributed by atoms with Crippen molar-refractivity contribution in [2.75, 3.05) is 27.3 Å². The molecule has 0 amide bonds. The number of methoxy groups -OCH3 is 2. The third kappa shape index (κ3) is 2.94. The van der Waals surface area contributed by atoms with Gasteiger partial charge < -0.3 is 19.3 Å². The van der Waals surface area contributed by atoms with Gasteiger partial charge in [0.1, 0.15) is 5.15 Å². The van der Waals surface area contributed by atoms with Crippen LogP contribution in [-0.2, 0) is 16.0 Å². The van der Waals surface area contributed by atoms with Crippen molar-refractivity contribution in [3.8, 4) is 0 Å². The van der Waals surface area contributed by atoms with Gasteiger partial charge in [-0.25, -0.2) is 4.98 Å². The number of rotatable bonds is 5. The molecule has 2 aliphatic heterocycles. The highest BCUT2D eigenvalue weighted by molar-refractivity contribution is 6.29. The van der Waals surface area contributed by atoms with Crippen molar-refractivity contribution in [3.05, 3.63) is 50.7 Å². The third-order valence-corrected chi connectivity index (χ3v) is 5.10. The van der Waals surface area contributed by atoms with E-state index < -0.39 is 11.8 Å². The first-order valence-corrected chi connectivity index (χ1v) is 8.39. The maximum atomic E-state index is 11.8. The SMILES string of the molecule is COC1C([N+](=O)[O-])=C2N(Cc3ccc(Cl)nc3)CCCN2C1(C)OC. The van der Waals surface area contributed by atoms with Gasteiger partial charge in [-0.3, -0.25) is 10.1 Å². The Labute approximate surface area is 151 Å². The van der Waals surface area contributed by atoms with Gasteiger partial charge in [-0.2, -0.15) is 0 Å². The number of nitrogens with zero attached hydrogens (tertiary/aromatic N) is 4. The average molecular weight is 369 g/mol. The van der Waals surface area contributed by atoms with Crippen LogP contribution in [0.4, 0.5) is 0 Å². The Morgan fingerprint density at radius 1 is 1.44 bits per heavy atom. The number of aromatic nitrogens is 1. The van der Waals surface area contributed by atoms with Crippen LogP contribution in [0.1, 0.15) is 18.9 Å². The van der Waals surface area contributed by atoms with Gasteiger partial charge in [-0.05, 0) is 25.0 Å². The summed E-state index contributed by atoms with van der Waals surface area (Å²) in [5.74, 6) is 0.558. The van der Waals surface area contributed by atoms with E-state index >= 15 is 0 Å². The van der Waals surface area contributed by atoms with Crippen molar-refractivity contribution >= 4 is 11.6 Å². The molecule has 9 heteroatoms. The fraction of sp³-hybridized carbons (Fsp3) is 0.562. The largest absolute Gasteiger partial charge is 0.365 e. The number of hydrogen-bond acceptors (Lipinski definition) is 7. The number of pyridine rings is 1. The first-order chi connectivity index (χ1) is 11.9. The summed E-state index contributed by atoms with van der Waals surface area (Å²) in [6.45, 7) is 3.71. The average Bonchev–Trinajstić information content (AvgIpc) is 2.87. The Kier molecular flexibility index (Phi) is 4.86. The zero-order valence-corrected chi connectivity index (χ0v) is 15.2. The minimum Gasteiger partial charge on any atom is -0.365 e. The topological polar surface area (TPSA) is 81.0 Å². The molecule has 0 bridgehead atoms. The van der Waals surface area contributed by atoms with Crippen LogP contribution in [0, 0.1) is 10.1 Å². The Hall–Kier alpha value is -1.90. The van der Waals surface area contributed by atoms with Crippen LogP contribution in [0.5, 0.6) is 0 Å². The van der Waals surface area contributed by atoms with Crippen molar-refractivity contribution < 1.29 is 14.4 Å². The molecule has 136 valence electrons. The maximum absolute atomic E-state index is 11.8. The number of halogens is 1. The molecule has 25 heavy (non-hydrogen) atoms. The summed E-state index contributed by atoms with van der Waals surface area (Å²) in [4.78, 5) is 19.5. The molecule has 0 saturated carbocycles. The molecular formula is C16H21ClN4O4. The molecule has 0 N–H and O–H groups in total. The van der Waals surface area contributed by atoms with Crippen molar-refractivity contribution in [1.82, 2.24) is 14.8 Å². The number of fused-ring (bicyclic) bond motifs is 1. The lowest BCUT2D eigenvalue weighted by Gasteiger charge is -2.44. The summed E-state index contributed by atoms with van der Waals surface area (Å²) in [7, 11) is 3.02. The Bertz CT molecular complexity index is 696. The lowest BCUT2D eigenvalue weighted by atomic mass is 10.1. The first kappa shape index (κ1) is 17.9. The molecule has 3 rings (SSSR count). The fourth-order valence-electron chi connectivity index (χ4n) is 3.65. The lowest BCUT2D eigenvalue weighted by Crippen LogP contribution is -2.55. The molecule has 2 atom stereocenters. The number of ether oxygens (including phenoxy) is 2. The fourth-order valence-corrected chi connectivity index (χ4v) is 3.76. The summed E-state index contributed by atoms with van der Waals surface area (Å²) >= 11 is 5.84. The maximum Gasteiger partial charge on any atom is 0.319 e. The molecular weight excluding hydrogens is 348 g/mol. The first-order valence-electron chi connectivity index (χ1n) is 8.02. The van der Waals surface area contributed by atoms with Crippen LogP contribution in [-0.4, -0.2) is 58.8 Å². The minimum atomic E-state index is -0.913. The quantitative estimate of drug-likeness (QED) is 0.447. The second-order valence-electron chi connectivity index (χ2n) is 6.26. The van der Waals surface area contributed by atoms with Crippen LogP contribution >= 0.6 is 11.6 Å². The van der Waals surface area contributed by atoms with Gasteiger partial charge >= 0.3 is 5.70 Å². The molecule has 8 nitrogen and oxygen atoms in total. The molecule has 0 aliphatic carbocycles. The lowest BCUT2D eigenvalue weighted by molar-refractivity contribution is -0.440. The molecule has 1 fully saturated rings. The monoisotopic (exact) mass is 368 g/mol. The van der Waals surface area contributed by atoms with E-state index in [2.05, 4.69) is 4.98 Å². The summed E-state index contributed by atoms with van der Waals surface area (Å²) < 4.78 is 11.1. The van der Waals surface area contributed by atoms with Gasteiger partial charge in [0, 0.05) is 40.1 Å². The van der Waals surface area contributed by atoms with Crippen LogP contribution in [0.3, 0.4) is 0 Å². The van der Waals surface area contributed by atoms with Crippen LogP contribution in [0.15, 0.2) is 29.8 Å². The molecule has 1 saturated heterocycles. The predicted molar refractivity (Wildman–Crippen MR) is 91.2 cm³/mol. The highest BCUT2D eigenvalue weighted by atomic mass is 35.5. The molecule has 3 heterocycles. The Morgan fingerprint density at radius 2 is 2.20 bits per heavy atom. The number of nitro groups is 1. The van der Waals surface area contributed by atoms with E-state index in [0.717, 1.165) is 12.0 Å². The smallest absolute Gasteiger partial charge is 0.319 e. The zero-order valence-electron chi connectivity index (χ0n) is 14.4. The predicted octanol–water partition coefficient (Wildman–Crippen LogP) is 2.08. The Morgan fingerprint density at radius 3 is 2.76 bits per heavy atom. The van der Waals surface area contributed by atoms with Crippen LogP contribution in [0.25, 0.3) is 0 Å². The van der Waals surface area contributed by atoms with E-state index in [0.29, 0.717) is 30.6 Å². The van der Waals surface area contributed by atoms with E-state index in [1.807, 2.05) is 22.8 Å². The van der Waals surface area contributed by atoms with Gasteiger partial charge in [0.05, 0.1) is 4.92 Å². The summed E-state index contributed by atoms with van der Waals surface area (Å²) in [6, 6.07) is 3.59. The third-order valence-electron chi connectivity index (χ3n) is 4.87. The Balaban J connectivity index is 2.01. The van der Waals surface area contributed by atoms with E-state index in [9.17, 15) is 10.1 Å². The van der Waals surface area contributed by atoms with Gasteiger partial charge in [0.15, 0.2) is 17.6 Å². The highest BCUT2D eigenvalue weighted by Crippen LogP contribution is 2.43. The molecule has 2 unspecified atom stereocenters. The van der Waals surface area contributed by atoms with Crippen molar-refractivity contribution in [1.29, 1.82) is 0 Å². The second-order valence-corrected chi connectivity index (χ2v) is 6.64. The van der Waals surface area contributed by atoms with E-state index in [-0.39, 0.29) is 10.6 Å². The van der Waals surface area contributed by atoms with Crippen molar-refractivity contribution in [3.63, 3.8) is 0 Å². The summed E-state index contributed by atoms with van der Waals surface area (Å²) in [5.41, 5.74) is 0.0542. The number of hydrogen-bond donors (Lipinski definition) is 0. The summed E-state index contributed by atoms with van der Waals surface area (Å²) in [5, 5.41) is 12.2. The second kappa shape index (κ2) is 6.78. The standard InChI is InChI=1S/C16H21ClN4O4/c1-16(25-3)14(24-2)13(21(22)23)15-19(7-4-8-20(15)16)10-11-5-6-12(17)18-9-11/h5-6,9,14H,4,7-8,10H2,1-3H3. The van der Waals surface area contributed by atoms with E-state index in [1.54, 1.807) is 19.4 Å². The van der Waals surface area contributed by atoms with Crippen LogP contribution < -0.4 is 0 Å². The zero-order chi connectivity index (χ0) is 18.2. The molecule has 2 aliphatic rings. The van der Waals surface area contributed by atoms with E-state index in [1.165, 1.54) is 7.11 Å². The van der Waals surface area contributed by atoms with Gasteiger partial charge in [0.2, 0.25) is 0 Å². The van der Waals surface area contributed by atoms with Gasteiger partial charge in [0.25, 0.3) is 0 Å². The minimum absolute atomic E-state index is 0.0356. The molecule has 0 radical (unpaired) electrons.